The van der Waals surface area contributed by atoms with E-state index >= 15 is 0 Å². The van der Waals surface area contributed by atoms with Crippen LogP contribution in [0.2, 0.25) is 0 Å². The van der Waals surface area contributed by atoms with Gasteiger partial charge < -0.3 is 4.90 Å². The summed E-state index contributed by atoms with van der Waals surface area (Å²) in [5.74, 6) is 0.354. The standard InChI is InChI=1S/C13H26N2O/c1-6-11-9-15(8-7-14(11)5)10-12(16)13(2,3)4/h11H,6-10H2,1-5H3. The minimum absolute atomic E-state index is 0.203. The molecular formula is C13H26N2O. The molecule has 94 valence electrons. The van der Waals surface area contributed by atoms with E-state index in [4.69, 9.17) is 0 Å². The number of hydrogen-bond acceptors (Lipinski definition) is 3. The Labute approximate surface area is 99.8 Å². The highest BCUT2D eigenvalue weighted by molar-refractivity contribution is 5.85. The Morgan fingerprint density at radius 2 is 1.94 bits per heavy atom. The highest BCUT2D eigenvalue weighted by Gasteiger charge is 2.28. The van der Waals surface area contributed by atoms with Crippen molar-refractivity contribution in [1.82, 2.24) is 9.80 Å². The Kier molecular flexibility index (Phi) is 4.51. The van der Waals surface area contributed by atoms with Crippen molar-refractivity contribution in [2.75, 3.05) is 33.2 Å². The van der Waals surface area contributed by atoms with Gasteiger partial charge >= 0.3 is 0 Å². The third-order valence-corrected chi connectivity index (χ3v) is 3.54. The van der Waals surface area contributed by atoms with Crippen molar-refractivity contribution in [3.05, 3.63) is 0 Å². The van der Waals surface area contributed by atoms with Gasteiger partial charge in [-0.1, -0.05) is 27.7 Å². The zero-order valence-electron chi connectivity index (χ0n) is 11.4. The lowest BCUT2D eigenvalue weighted by molar-refractivity contribution is -0.128. The maximum atomic E-state index is 12.0. The minimum Gasteiger partial charge on any atom is -0.301 e. The molecule has 1 aliphatic heterocycles. The summed E-state index contributed by atoms with van der Waals surface area (Å²) in [7, 11) is 2.18. The van der Waals surface area contributed by atoms with E-state index in [0.29, 0.717) is 18.4 Å². The lowest BCUT2D eigenvalue weighted by atomic mass is 9.90. The van der Waals surface area contributed by atoms with Gasteiger partial charge in [0.1, 0.15) is 0 Å². The summed E-state index contributed by atoms with van der Waals surface area (Å²) in [5.41, 5.74) is -0.203. The molecule has 0 saturated carbocycles. The molecule has 0 radical (unpaired) electrons. The fourth-order valence-electron chi connectivity index (χ4n) is 2.04. The number of nitrogens with zero attached hydrogens (tertiary/aromatic N) is 2. The van der Waals surface area contributed by atoms with Gasteiger partial charge in [0.2, 0.25) is 0 Å². The van der Waals surface area contributed by atoms with E-state index in [1.165, 1.54) is 0 Å². The fraction of sp³-hybridized carbons (Fsp3) is 0.923. The molecule has 0 aromatic carbocycles. The van der Waals surface area contributed by atoms with Crippen molar-refractivity contribution in [2.24, 2.45) is 5.41 Å². The molecule has 1 unspecified atom stereocenters. The van der Waals surface area contributed by atoms with Crippen molar-refractivity contribution < 1.29 is 4.79 Å². The second-order valence-electron chi connectivity index (χ2n) is 5.95. The molecule has 1 aliphatic rings. The topological polar surface area (TPSA) is 23.6 Å². The third-order valence-electron chi connectivity index (χ3n) is 3.54. The number of carbonyl (C=O) groups excluding carboxylic acids is 1. The molecule has 1 saturated heterocycles. The zero-order chi connectivity index (χ0) is 12.3. The summed E-state index contributed by atoms with van der Waals surface area (Å²) in [6.07, 6.45) is 1.16. The number of Topliss-reactive ketones (excluding diaryl/α,β-unsaturated/α-hetero) is 1. The quantitative estimate of drug-likeness (QED) is 0.731. The Balaban J connectivity index is 2.48. The van der Waals surface area contributed by atoms with E-state index < -0.39 is 0 Å². The molecule has 16 heavy (non-hydrogen) atoms. The molecule has 3 heteroatoms. The van der Waals surface area contributed by atoms with Crippen LogP contribution in [0, 0.1) is 5.41 Å². The first-order chi connectivity index (χ1) is 7.34. The third kappa shape index (κ3) is 3.56. The first-order valence-electron chi connectivity index (χ1n) is 6.30. The largest absolute Gasteiger partial charge is 0.301 e. The van der Waals surface area contributed by atoms with E-state index in [0.717, 1.165) is 26.1 Å². The SMILES string of the molecule is CCC1CN(CC(=O)C(C)(C)C)CCN1C. The Hall–Kier alpha value is -0.410. The molecule has 3 nitrogen and oxygen atoms in total. The van der Waals surface area contributed by atoms with Gasteiger partial charge in [-0.05, 0) is 13.5 Å². The molecule has 0 aromatic rings. The van der Waals surface area contributed by atoms with E-state index in [1.54, 1.807) is 0 Å². The van der Waals surface area contributed by atoms with Crippen LogP contribution in [0.1, 0.15) is 34.1 Å². The van der Waals surface area contributed by atoms with Crippen LogP contribution >= 0.6 is 0 Å². The van der Waals surface area contributed by atoms with Gasteiger partial charge in [0.25, 0.3) is 0 Å². The first-order valence-corrected chi connectivity index (χ1v) is 6.30. The summed E-state index contributed by atoms with van der Waals surface area (Å²) in [6.45, 7) is 12.0. The minimum atomic E-state index is -0.203. The van der Waals surface area contributed by atoms with Crippen molar-refractivity contribution in [3.63, 3.8) is 0 Å². The van der Waals surface area contributed by atoms with Crippen molar-refractivity contribution >= 4 is 5.78 Å². The van der Waals surface area contributed by atoms with Gasteiger partial charge in [0, 0.05) is 31.1 Å². The predicted octanol–water partition coefficient (Wildman–Crippen LogP) is 1.63. The summed E-state index contributed by atoms with van der Waals surface area (Å²) in [4.78, 5) is 16.7. The first kappa shape index (κ1) is 13.7. The number of piperazine rings is 1. The average Bonchev–Trinajstić information content (AvgIpc) is 2.19. The van der Waals surface area contributed by atoms with Crippen molar-refractivity contribution in [2.45, 2.75) is 40.2 Å². The van der Waals surface area contributed by atoms with Gasteiger partial charge in [-0.2, -0.15) is 0 Å². The number of carbonyl (C=O) groups is 1. The molecule has 0 amide bonds. The van der Waals surface area contributed by atoms with Crippen LogP contribution in [-0.2, 0) is 4.79 Å². The Morgan fingerprint density at radius 3 is 2.44 bits per heavy atom. The predicted molar refractivity (Wildman–Crippen MR) is 67.6 cm³/mol. The molecule has 1 atom stereocenters. The molecule has 0 aromatic heterocycles. The average molecular weight is 226 g/mol. The highest BCUT2D eigenvalue weighted by atomic mass is 16.1. The van der Waals surface area contributed by atoms with Gasteiger partial charge in [0.05, 0.1) is 6.54 Å². The van der Waals surface area contributed by atoms with Crippen molar-refractivity contribution in [1.29, 1.82) is 0 Å². The summed E-state index contributed by atoms with van der Waals surface area (Å²) in [5, 5.41) is 0. The van der Waals surface area contributed by atoms with Crippen LogP contribution in [0.25, 0.3) is 0 Å². The van der Waals surface area contributed by atoms with E-state index in [-0.39, 0.29) is 5.41 Å². The van der Waals surface area contributed by atoms with Crippen LogP contribution in [0.3, 0.4) is 0 Å². The molecule has 1 heterocycles. The molecule has 1 fully saturated rings. The van der Waals surface area contributed by atoms with Crippen molar-refractivity contribution in [3.8, 4) is 0 Å². The maximum absolute atomic E-state index is 12.0. The second-order valence-corrected chi connectivity index (χ2v) is 5.95. The van der Waals surface area contributed by atoms with Gasteiger partial charge in [0.15, 0.2) is 5.78 Å². The second kappa shape index (κ2) is 5.28. The van der Waals surface area contributed by atoms with Crippen LogP contribution in [0.15, 0.2) is 0 Å². The molecule has 1 rings (SSSR count). The lowest BCUT2D eigenvalue weighted by Crippen LogP contribution is -2.53. The fourth-order valence-corrected chi connectivity index (χ4v) is 2.04. The Morgan fingerprint density at radius 1 is 1.31 bits per heavy atom. The van der Waals surface area contributed by atoms with E-state index in [2.05, 4.69) is 23.8 Å². The van der Waals surface area contributed by atoms with Crippen LogP contribution < -0.4 is 0 Å². The molecule has 0 bridgehead atoms. The van der Waals surface area contributed by atoms with Crippen LogP contribution in [-0.4, -0.2) is 54.9 Å². The number of hydrogen-bond donors (Lipinski definition) is 0. The van der Waals surface area contributed by atoms with Gasteiger partial charge in [-0.15, -0.1) is 0 Å². The molecule has 0 N–H and O–H groups in total. The molecular weight excluding hydrogens is 200 g/mol. The smallest absolute Gasteiger partial charge is 0.152 e. The summed E-state index contributed by atoms with van der Waals surface area (Å²) in [6, 6.07) is 0.613. The van der Waals surface area contributed by atoms with Gasteiger partial charge in [-0.25, -0.2) is 0 Å². The molecule has 0 spiro atoms. The van der Waals surface area contributed by atoms with E-state index in [1.807, 2.05) is 20.8 Å². The Bertz CT molecular complexity index is 245. The van der Waals surface area contributed by atoms with Crippen LogP contribution in [0.5, 0.6) is 0 Å². The highest BCUT2D eigenvalue weighted by Crippen LogP contribution is 2.17. The number of rotatable bonds is 3. The number of ketones is 1. The van der Waals surface area contributed by atoms with E-state index in [9.17, 15) is 4.79 Å². The lowest BCUT2D eigenvalue weighted by Gasteiger charge is -2.39. The van der Waals surface area contributed by atoms with Gasteiger partial charge in [-0.3, -0.25) is 9.69 Å². The normalized spacial score (nSPS) is 24.7. The number of likely N-dealkylation sites (N-methyl/N-ethyl adjacent to an activating group) is 1. The summed E-state index contributed by atoms with van der Waals surface area (Å²) >= 11 is 0. The monoisotopic (exact) mass is 226 g/mol. The maximum Gasteiger partial charge on any atom is 0.152 e. The van der Waals surface area contributed by atoms with Crippen LogP contribution in [0.4, 0.5) is 0 Å². The molecule has 0 aliphatic carbocycles. The summed E-state index contributed by atoms with van der Waals surface area (Å²) < 4.78 is 0. The zero-order valence-corrected chi connectivity index (χ0v) is 11.4.